The number of aromatic amines is 1. The van der Waals surface area contributed by atoms with Gasteiger partial charge in [0.2, 0.25) is 0 Å². The van der Waals surface area contributed by atoms with Crippen LogP contribution in [0.2, 0.25) is 0 Å². The van der Waals surface area contributed by atoms with E-state index in [-0.39, 0.29) is 12.5 Å². The second-order valence-corrected chi connectivity index (χ2v) is 6.95. The van der Waals surface area contributed by atoms with E-state index in [1.165, 1.54) is 0 Å². The van der Waals surface area contributed by atoms with Crippen molar-refractivity contribution < 1.29 is 9.53 Å². The molecule has 1 amide bonds. The number of aryl methyl sites for hydroxylation is 2. The first-order chi connectivity index (χ1) is 13.1. The highest BCUT2D eigenvalue weighted by Gasteiger charge is 2.24. The molecule has 1 aliphatic rings. The van der Waals surface area contributed by atoms with E-state index in [9.17, 15) is 4.79 Å². The third-order valence-corrected chi connectivity index (χ3v) is 5.12. The average molecular weight is 364 g/mol. The number of hydrogen-bond acceptors (Lipinski definition) is 4. The van der Waals surface area contributed by atoms with Crippen LogP contribution in [-0.2, 0) is 4.79 Å². The number of rotatable bonds is 4. The summed E-state index contributed by atoms with van der Waals surface area (Å²) in [5.41, 5.74) is 3.24. The highest BCUT2D eigenvalue weighted by molar-refractivity contribution is 5.84. The van der Waals surface area contributed by atoms with Gasteiger partial charge in [0.15, 0.2) is 6.61 Å². The van der Waals surface area contributed by atoms with Gasteiger partial charge in [-0.05, 0) is 36.8 Å². The van der Waals surface area contributed by atoms with Crippen molar-refractivity contribution in [2.24, 2.45) is 0 Å². The van der Waals surface area contributed by atoms with Crippen LogP contribution in [-0.4, -0.2) is 53.8 Å². The molecule has 1 fully saturated rings. The normalized spacial score (nSPS) is 14.6. The number of nitrogens with zero attached hydrogens (tertiary/aromatic N) is 3. The Kier molecular flexibility index (Phi) is 4.71. The van der Waals surface area contributed by atoms with Gasteiger partial charge in [-0.2, -0.15) is 5.10 Å². The molecule has 3 aromatic rings. The Morgan fingerprint density at radius 2 is 1.81 bits per heavy atom. The fourth-order valence-corrected chi connectivity index (χ4v) is 3.68. The Bertz CT molecular complexity index is 938. The van der Waals surface area contributed by atoms with Gasteiger partial charge in [-0.25, -0.2) is 0 Å². The lowest BCUT2D eigenvalue weighted by Crippen LogP contribution is -2.50. The standard InChI is InChI=1S/C21H24N4O2/c1-15-21(16(2)23-22-15)25-11-9-24(10-12-25)20(26)14-27-19-8-7-17-5-3-4-6-18(17)13-19/h3-8,13H,9-12,14H2,1-2H3,(H,22,23). The summed E-state index contributed by atoms with van der Waals surface area (Å²) >= 11 is 0. The molecule has 0 saturated carbocycles. The Morgan fingerprint density at radius 3 is 2.52 bits per heavy atom. The number of H-pyrrole nitrogens is 1. The number of nitrogens with one attached hydrogen (secondary N) is 1. The molecule has 1 aliphatic heterocycles. The van der Waals surface area contributed by atoms with Crippen LogP contribution in [0.1, 0.15) is 11.4 Å². The predicted octanol–water partition coefficient (Wildman–Crippen LogP) is 2.91. The van der Waals surface area contributed by atoms with Crippen molar-refractivity contribution >= 4 is 22.4 Å². The lowest BCUT2D eigenvalue weighted by molar-refractivity contribution is -0.133. The van der Waals surface area contributed by atoms with Crippen molar-refractivity contribution in [3.05, 3.63) is 53.9 Å². The van der Waals surface area contributed by atoms with Gasteiger partial charge < -0.3 is 14.5 Å². The third kappa shape index (κ3) is 3.60. The van der Waals surface area contributed by atoms with Crippen LogP contribution in [0.4, 0.5) is 5.69 Å². The first-order valence-electron chi connectivity index (χ1n) is 9.28. The Balaban J connectivity index is 1.33. The van der Waals surface area contributed by atoms with Crippen LogP contribution in [0.15, 0.2) is 42.5 Å². The van der Waals surface area contributed by atoms with E-state index >= 15 is 0 Å². The zero-order valence-electron chi connectivity index (χ0n) is 15.7. The molecule has 1 aromatic heterocycles. The van der Waals surface area contributed by atoms with E-state index in [0.29, 0.717) is 13.1 Å². The van der Waals surface area contributed by atoms with E-state index in [1.54, 1.807) is 0 Å². The Labute approximate surface area is 158 Å². The Morgan fingerprint density at radius 1 is 1.07 bits per heavy atom. The van der Waals surface area contributed by atoms with Crippen molar-refractivity contribution in [1.82, 2.24) is 15.1 Å². The number of amides is 1. The number of piperazine rings is 1. The van der Waals surface area contributed by atoms with Crippen molar-refractivity contribution in [3.63, 3.8) is 0 Å². The molecule has 6 nitrogen and oxygen atoms in total. The molecule has 0 aliphatic carbocycles. The first-order valence-corrected chi connectivity index (χ1v) is 9.28. The maximum atomic E-state index is 12.5. The van der Waals surface area contributed by atoms with Crippen LogP contribution in [0.25, 0.3) is 10.8 Å². The molecular formula is C21H24N4O2. The molecule has 2 heterocycles. The van der Waals surface area contributed by atoms with Crippen LogP contribution in [0.5, 0.6) is 5.75 Å². The van der Waals surface area contributed by atoms with Crippen LogP contribution in [0.3, 0.4) is 0 Å². The molecular weight excluding hydrogens is 340 g/mol. The molecule has 0 spiro atoms. The highest BCUT2D eigenvalue weighted by atomic mass is 16.5. The van der Waals surface area contributed by atoms with Gasteiger partial charge >= 0.3 is 0 Å². The summed E-state index contributed by atoms with van der Waals surface area (Å²) in [6, 6.07) is 14.0. The smallest absolute Gasteiger partial charge is 0.260 e. The zero-order chi connectivity index (χ0) is 18.8. The SMILES string of the molecule is Cc1n[nH]c(C)c1N1CCN(C(=O)COc2ccc3ccccc3c2)CC1. The van der Waals surface area contributed by atoms with Gasteiger partial charge in [-0.15, -0.1) is 0 Å². The largest absolute Gasteiger partial charge is 0.484 e. The number of anilines is 1. The third-order valence-electron chi connectivity index (χ3n) is 5.12. The lowest BCUT2D eigenvalue weighted by Gasteiger charge is -2.36. The summed E-state index contributed by atoms with van der Waals surface area (Å²) in [6.45, 7) is 7.12. The number of ether oxygens (including phenoxy) is 1. The minimum absolute atomic E-state index is 0.0310. The van der Waals surface area contributed by atoms with E-state index in [4.69, 9.17) is 4.74 Å². The molecule has 0 atom stereocenters. The van der Waals surface area contributed by atoms with Gasteiger partial charge in [0.1, 0.15) is 5.75 Å². The number of benzene rings is 2. The molecule has 0 radical (unpaired) electrons. The van der Waals surface area contributed by atoms with Crippen LogP contribution >= 0.6 is 0 Å². The van der Waals surface area contributed by atoms with Crippen molar-refractivity contribution in [1.29, 1.82) is 0 Å². The van der Waals surface area contributed by atoms with Gasteiger partial charge in [-0.1, -0.05) is 30.3 Å². The van der Waals surface area contributed by atoms with E-state index in [2.05, 4.69) is 21.2 Å². The second kappa shape index (κ2) is 7.31. The minimum Gasteiger partial charge on any atom is -0.484 e. The maximum Gasteiger partial charge on any atom is 0.260 e. The molecule has 1 N–H and O–H groups in total. The van der Waals surface area contributed by atoms with Crippen LogP contribution < -0.4 is 9.64 Å². The Hall–Kier alpha value is -3.02. The quantitative estimate of drug-likeness (QED) is 0.773. The summed E-state index contributed by atoms with van der Waals surface area (Å²) in [5.74, 6) is 0.758. The molecule has 4 rings (SSSR count). The minimum atomic E-state index is 0.0310. The van der Waals surface area contributed by atoms with Gasteiger partial charge in [0.25, 0.3) is 5.91 Å². The molecule has 27 heavy (non-hydrogen) atoms. The number of carbonyl (C=O) groups excluding carboxylic acids is 1. The van der Waals surface area contributed by atoms with Gasteiger partial charge in [0, 0.05) is 26.2 Å². The predicted molar refractivity (Wildman–Crippen MR) is 106 cm³/mol. The van der Waals surface area contributed by atoms with E-state index in [1.807, 2.05) is 55.1 Å². The molecule has 0 unspecified atom stereocenters. The van der Waals surface area contributed by atoms with Gasteiger partial charge in [-0.3, -0.25) is 9.89 Å². The van der Waals surface area contributed by atoms with Crippen LogP contribution in [0, 0.1) is 13.8 Å². The number of carbonyl (C=O) groups is 1. The molecule has 6 heteroatoms. The summed E-state index contributed by atoms with van der Waals surface area (Å²) in [7, 11) is 0. The fraction of sp³-hybridized carbons (Fsp3) is 0.333. The fourth-order valence-electron chi connectivity index (χ4n) is 3.68. The number of fused-ring (bicyclic) bond motifs is 1. The summed E-state index contributed by atoms with van der Waals surface area (Å²) in [5, 5.41) is 9.57. The zero-order valence-corrected chi connectivity index (χ0v) is 15.7. The summed E-state index contributed by atoms with van der Waals surface area (Å²) in [6.07, 6.45) is 0. The van der Waals surface area contributed by atoms with Crippen molar-refractivity contribution in [3.8, 4) is 5.75 Å². The average Bonchev–Trinajstić information content (AvgIpc) is 3.04. The summed E-state index contributed by atoms with van der Waals surface area (Å²) < 4.78 is 5.75. The topological polar surface area (TPSA) is 61.5 Å². The number of hydrogen-bond donors (Lipinski definition) is 1. The highest BCUT2D eigenvalue weighted by Crippen LogP contribution is 2.24. The molecule has 0 bridgehead atoms. The van der Waals surface area contributed by atoms with Gasteiger partial charge in [0.05, 0.1) is 17.1 Å². The van der Waals surface area contributed by atoms with E-state index in [0.717, 1.165) is 46.7 Å². The molecule has 140 valence electrons. The second-order valence-electron chi connectivity index (χ2n) is 6.95. The van der Waals surface area contributed by atoms with Crippen molar-refractivity contribution in [2.75, 3.05) is 37.7 Å². The maximum absolute atomic E-state index is 12.5. The van der Waals surface area contributed by atoms with Crippen molar-refractivity contribution in [2.45, 2.75) is 13.8 Å². The van der Waals surface area contributed by atoms with E-state index < -0.39 is 0 Å². The lowest BCUT2D eigenvalue weighted by atomic mass is 10.1. The molecule has 2 aromatic carbocycles. The first kappa shape index (κ1) is 17.4. The summed E-state index contributed by atoms with van der Waals surface area (Å²) in [4.78, 5) is 16.7. The number of aromatic nitrogens is 2. The monoisotopic (exact) mass is 364 g/mol. The molecule has 1 saturated heterocycles.